The van der Waals surface area contributed by atoms with Crippen molar-refractivity contribution in [2.24, 2.45) is 0 Å². The van der Waals surface area contributed by atoms with E-state index in [9.17, 15) is 14.4 Å². The van der Waals surface area contributed by atoms with Crippen LogP contribution in [0.1, 0.15) is 11.1 Å². The fourth-order valence-corrected chi connectivity index (χ4v) is 4.28. The van der Waals surface area contributed by atoms with Crippen molar-refractivity contribution in [3.8, 4) is 5.75 Å². The van der Waals surface area contributed by atoms with Crippen LogP contribution in [0.4, 0.5) is 16.2 Å². The number of hydrogen-bond donors (Lipinski definition) is 0. The van der Waals surface area contributed by atoms with Gasteiger partial charge in [-0.05, 0) is 48.2 Å². The Labute approximate surface area is 202 Å². The molecule has 6 heteroatoms. The number of aryl methyl sites for hydroxylation is 1. The van der Waals surface area contributed by atoms with Gasteiger partial charge in [-0.15, -0.1) is 0 Å². The fourth-order valence-electron chi connectivity index (χ4n) is 4.28. The standard InChI is InChI=1S/C29H22N2O4/c1-19-9-7-13-22(17-19)30-27(32)24(18-21-11-4-6-16-26(21)35-2)28(33)31(29(30)34)25-15-8-12-20-10-3-5-14-23(20)25/h3-18H,1-2H3/b24-18+. The van der Waals surface area contributed by atoms with Gasteiger partial charge in [0, 0.05) is 10.9 Å². The minimum absolute atomic E-state index is 0.136. The summed E-state index contributed by atoms with van der Waals surface area (Å²) < 4.78 is 5.41. The van der Waals surface area contributed by atoms with Gasteiger partial charge in [-0.3, -0.25) is 9.59 Å². The summed E-state index contributed by atoms with van der Waals surface area (Å²) in [5, 5.41) is 1.60. The zero-order valence-corrected chi connectivity index (χ0v) is 19.3. The van der Waals surface area contributed by atoms with Gasteiger partial charge >= 0.3 is 6.03 Å². The van der Waals surface area contributed by atoms with Crippen molar-refractivity contribution in [2.75, 3.05) is 16.9 Å². The Morgan fingerprint density at radius 2 is 1.43 bits per heavy atom. The van der Waals surface area contributed by atoms with Gasteiger partial charge in [-0.25, -0.2) is 14.6 Å². The number of fused-ring (bicyclic) bond motifs is 1. The van der Waals surface area contributed by atoms with Crippen molar-refractivity contribution < 1.29 is 19.1 Å². The summed E-state index contributed by atoms with van der Waals surface area (Å²) in [5.41, 5.74) is 2.11. The molecular weight excluding hydrogens is 440 g/mol. The highest BCUT2D eigenvalue weighted by Gasteiger charge is 2.44. The number of nitrogens with zero attached hydrogens (tertiary/aromatic N) is 2. The molecule has 0 N–H and O–H groups in total. The molecule has 6 nitrogen and oxygen atoms in total. The van der Waals surface area contributed by atoms with Crippen LogP contribution in [-0.4, -0.2) is 25.0 Å². The van der Waals surface area contributed by atoms with Crippen LogP contribution in [0.3, 0.4) is 0 Å². The molecule has 1 saturated heterocycles. The third kappa shape index (κ3) is 3.85. The van der Waals surface area contributed by atoms with E-state index in [1.165, 1.54) is 13.2 Å². The summed E-state index contributed by atoms with van der Waals surface area (Å²) in [6.45, 7) is 1.88. The quantitative estimate of drug-likeness (QED) is 0.287. The highest BCUT2D eigenvalue weighted by Crippen LogP contribution is 2.34. The zero-order valence-electron chi connectivity index (χ0n) is 19.3. The molecular formula is C29H22N2O4. The first-order valence-corrected chi connectivity index (χ1v) is 11.1. The van der Waals surface area contributed by atoms with Gasteiger partial charge in [-0.1, -0.05) is 66.7 Å². The van der Waals surface area contributed by atoms with Crippen LogP contribution >= 0.6 is 0 Å². The predicted molar refractivity (Wildman–Crippen MR) is 136 cm³/mol. The molecule has 0 radical (unpaired) electrons. The monoisotopic (exact) mass is 462 g/mol. The normalized spacial score (nSPS) is 15.3. The summed E-state index contributed by atoms with van der Waals surface area (Å²) in [4.78, 5) is 43.3. The van der Waals surface area contributed by atoms with Crippen molar-refractivity contribution >= 4 is 46.1 Å². The molecule has 0 saturated carbocycles. The van der Waals surface area contributed by atoms with Crippen LogP contribution < -0.4 is 14.5 Å². The number of hydrogen-bond acceptors (Lipinski definition) is 4. The summed E-state index contributed by atoms with van der Waals surface area (Å²) in [6, 6.07) is 26.3. The van der Waals surface area contributed by atoms with Crippen LogP contribution in [-0.2, 0) is 9.59 Å². The molecule has 4 aromatic rings. The van der Waals surface area contributed by atoms with E-state index in [2.05, 4.69) is 0 Å². The van der Waals surface area contributed by atoms with E-state index in [0.29, 0.717) is 22.7 Å². The molecule has 0 aromatic heterocycles. The third-order valence-electron chi connectivity index (χ3n) is 5.96. The van der Waals surface area contributed by atoms with Crippen molar-refractivity contribution in [3.05, 3.63) is 108 Å². The molecule has 5 rings (SSSR count). The number of rotatable bonds is 4. The summed E-state index contributed by atoms with van der Waals surface area (Å²) >= 11 is 0. The van der Waals surface area contributed by atoms with Gasteiger partial charge < -0.3 is 4.74 Å². The molecule has 0 bridgehead atoms. The Bertz CT molecular complexity index is 1520. The van der Waals surface area contributed by atoms with Gasteiger partial charge in [0.15, 0.2) is 0 Å². The lowest BCUT2D eigenvalue weighted by Crippen LogP contribution is -2.57. The van der Waals surface area contributed by atoms with Gasteiger partial charge in [0.25, 0.3) is 11.8 Å². The minimum atomic E-state index is -0.723. The smallest absolute Gasteiger partial charge is 0.343 e. The second kappa shape index (κ2) is 8.91. The van der Waals surface area contributed by atoms with Crippen molar-refractivity contribution in [1.29, 1.82) is 0 Å². The van der Waals surface area contributed by atoms with E-state index in [1.807, 2.05) is 43.3 Å². The van der Waals surface area contributed by atoms with E-state index in [1.54, 1.807) is 54.6 Å². The molecule has 35 heavy (non-hydrogen) atoms. The Balaban J connectivity index is 1.74. The minimum Gasteiger partial charge on any atom is -0.496 e. The number of anilines is 2. The molecule has 172 valence electrons. The molecule has 1 aliphatic rings. The SMILES string of the molecule is COc1ccccc1/C=C1\C(=O)N(c2cccc(C)c2)C(=O)N(c2cccc3ccccc23)C1=O. The maximum Gasteiger partial charge on any atom is 0.343 e. The number of amides is 4. The van der Waals surface area contributed by atoms with E-state index in [-0.39, 0.29) is 5.57 Å². The number of carbonyl (C=O) groups is 3. The summed E-state index contributed by atoms with van der Waals surface area (Å²) in [6.07, 6.45) is 1.48. The van der Waals surface area contributed by atoms with Crippen LogP contribution in [0, 0.1) is 6.92 Å². The van der Waals surface area contributed by atoms with Gasteiger partial charge in [0.05, 0.1) is 18.5 Å². The molecule has 1 aliphatic heterocycles. The number of barbiturate groups is 1. The Hall–Kier alpha value is -4.71. The number of para-hydroxylation sites is 1. The molecule has 0 atom stereocenters. The average Bonchev–Trinajstić information content (AvgIpc) is 2.87. The van der Waals surface area contributed by atoms with Gasteiger partial charge in [-0.2, -0.15) is 0 Å². The van der Waals surface area contributed by atoms with Crippen LogP contribution in [0.25, 0.3) is 16.8 Å². The van der Waals surface area contributed by atoms with Crippen LogP contribution in [0.5, 0.6) is 5.75 Å². The molecule has 4 aromatic carbocycles. The first-order valence-electron chi connectivity index (χ1n) is 11.1. The topological polar surface area (TPSA) is 66.9 Å². The zero-order chi connectivity index (χ0) is 24.5. The lowest BCUT2D eigenvalue weighted by molar-refractivity contribution is -0.121. The predicted octanol–water partition coefficient (Wildman–Crippen LogP) is 5.74. The lowest BCUT2D eigenvalue weighted by Gasteiger charge is -2.34. The fraction of sp³-hybridized carbons (Fsp3) is 0.0690. The molecule has 0 spiro atoms. The lowest BCUT2D eigenvalue weighted by atomic mass is 10.0. The number of methoxy groups -OCH3 is 1. The van der Waals surface area contributed by atoms with Crippen LogP contribution in [0.2, 0.25) is 0 Å². The molecule has 1 heterocycles. The highest BCUT2D eigenvalue weighted by atomic mass is 16.5. The van der Waals surface area contributed by atoms with Gasteiger partial charge in [0.2, 0.25) is 0 Å². The second-order valence-corrected chi connectivity index (χ2v) is 8.20. The highest BCUT2D eigenvalue weighted by molar-refractivity contribution is 6.46. The van der Waals surface area contributed by atoms with Gasteiger partial charge in [0.1, 0.15) is 11.3 Å². The van der Waals surface area contributed by atoms with Crippen molar-refractivity contribution in [3.63, 3.8) is 0 Å². The maximum absolute atomic E-state index is 13.8. The molecule has 0 aliphatic carbocycles. The van der Waals surface area contributed by atoms with E-state index in [4.69, 9.17) is 4.74 Å². The van der Waals surface area contributed by atoms with E-state index >= 15 is 0 Å². The summed E-state index contributed by atoms with van der Waals surface area (Å²) in [7, 11) is 1.52. The second-order valence-electron chi connectivity index (χ2n) is 8.20. The number of ether oxygens (including phenoxy) is 1. The van der Waals surface area contributed by atoms with E-state index in [0.717, 1.165) is 26.1 Å². The Morgan fingerprint density at radius 1 is 0.743 bits per heavy atom. The molecule has 4 amide bonds. The number of urea groups is 1. The van der Waals surface area contributed by atoms with Crippen LogP contribution in [0.15, 0.2) is 96.6 Å². The number of imide groups is 2. The van der Waals surface area contributed by atoms with E-state index < -0.39 is 17.8 Å². The number of carbonyl (C=O) groups excluding carboxylic acids is 3. The largest absolute Gasteiger partial charge is 0.496 e. The summed E-state index contributed by atoms with van der Waals surface area (Å²) in [5.74, 6) is -0.865. The number of benzene rings is 4. The Morgan fingerprint density at radius 3 is 2.23 bits per heavy atom. The molecule has 0 unspecified atom stereocenters. The Kier molecular flexibility index (Phi) is 5.63. The van der Waals surface area contributed by atoms with Crippen molar-refractivity contribution in [1.82, 2.24) is 0 Å². The first-order chi connectivity index (χ1) is 17.0. The maximum atomic E-state index is 13.8. The third-order valence-corrected chi connectivity index (χ3v) is 5.96. The molecule has 1 fully saturated rings. The van der Waals surface area contributed by atoms with Crippen molar-refractivity contribution in [2.45, 2.75) is 6.92 Å². The first kappa shape index (κ1) is 22.1. The average molecular weight is 463 g/mol.